The standard InChI is InChI=1S/C25H28F3N7O2/c1-15-22(10-31-33(15)2)23(29)14-35(30)20-5-3-4-17(8-20)24(37)32-19-7-16(11-34-12-21(36)13-34)6-18(9-19)25(26,27)28/h3-10,14,21,36H,11-13,29-30H2,1-2H3,(H,32,37)/b23-14-. The number of nitrogens with one attached hydrogen (secondary N) is 1. The van der Waals surface area contributed by atoms with Gasteiger partial charge in [-0.3, -0.25) is 19.4 Å². The number of nitrogens with two attached hydrogens (primary N) is 2. The normalized spacial score (nSPS) is 14.9. The maximum Gasteiger partial charge on any atom is 0.416 e. The van der Waals surface area contributed by atoms with Crippen LogP contribution in [0.4, 0.5) is 24.5 Å². The molecule has 4 rings (SSSR count). The number of nitrogens with zero attached hydrogens (tertiary/aromatic N) is 4. The van der Waals surface area contributed by atoms with Crippen LogP contribution in [0.2, 0.25) is 0 Å². The fourth-order valence-electron chi connectivity index (χ4n) is 4.04. The SMILES string of the molecule is Cc1c(/C(N)=C/N(N)c2cccc(C(=O)Nc3cc(CN4CC(O)C4)cc(C(F)(F)F)c3)c2)cnn1C. The largest absolute Gasteiger partial charge is 0.416 e. The lowest BCUT2D eigenvalue weighted by molar-refractivity contribution is -0.137. The Morgan fingerprint density at radius 2 is 2.00 bits per heavy atom. The van der Waals surface area contributed by atoms with Gasteiger partial charge in [0.1, 0.15) is 0 Å². The molecule has 0 bridgehead atoms. The zero-order valence-electron chi connectivity index (χ0n) is 20.3. The summed E-state index contributed by atoms with van der Waals surface area (Å²) in [5.74, 6) is 5.55. The van der Waals surface area contributed by atoms with Gasteiger partial charge >= 0.3 is 6.18 Å². The molecule has 6 N–H and O–H groups in total. The van der Waals surface area contributed by atoms with Gasteiger partial charge in [-0.05, 0) is 48.9 Å². The lowest BCUT2D eigenvalue weighted by Gasteiger charge is -2.36. The minimum atomic E-state index is -4.58. The van der Waals surface area contributed by atoms with E-state index in [-0.39, 0.29) is 17.8 Å². The molecule has 1 amide bonds. The van der Waals surface area contributed by atoms with Gasteiger partial charge in [-0.1, -0.05) is 6.07 Å². The number of alkyl halides is 3. The Morgan fingerprint density at radius 3 is 2.62 bits per heavy atom. The monoisotopic (exact) mass is 515 g/mol. The average Bonchev–Trinajstić information content (AvgIpc) is 3.15. The van der Waals surface area contributed by atoms with Gasteiger partial charge in [-0.15, -0.1) is 0 Å². The highest BCUT2D eigenvalue weighted by Gasteiger charge is 2.32. The van der Waals surface area contributed by atoms with E-state index < -0.39 is 23.8 Å². The number of carbonyl (C=O) groups excluding carboxylic acids is 1. The van der Waals surface area contributed by atoms with E-state index in [2.05, 4.69) is 10.4 Å². The van der Waals surface area contributed by atoms with E-state index in [4.69, 9.17) is 11.6 Å². The zero-order chi connectivity index (χ0) is 26.9. The maximum absolute atomic E-state index is 13.5. The van der Waals surface area contributed by atoms with E-state index in [0.717, 1.165) is 17.8 Å². The summed E-state index contributed by atoms with van der Waals surface area (Å²) in [6, 6.07) is 9.75. The molecule has 1 fully saturated rings. The number of likely N-dealkylation sites (tertiary alicyclic amines) is 1. The van der Waals surface area contributed by atoms with Gasteiger partial charge in [-0.2, -0.15) is 18.3 Å². The lowest BCUT2D eigenvalue weighted by Crippen LogP contribution is -2.49. The Balaban J connectivity index is 1.53. The van der Waals surface area contributed by atoms with Crippen LogP contribution in [0.25, 0.3) is 5.70 Å². The van der Waals surface area contributed by atoms with Crippen LogP contribution in [-0.2, 0) is 19.8 Å². The van der Waals surface area contributed by atoms with Crippen LogP contribution in [0.1, 0.15) is 32.7 Å². The third kappa shape index (κ3) is 6.10. The third-order valence-electron chi connectivity index (χ3n) is 6.15. The molecular formula is C25H28F3N7O2. The van der Waals surface area contributed by atoms with Crippen LogP contribution in [0.3, 0.4) is 0 Å². The summed E-state index contributed by atoms with van der Waals surface area (Å²) in [4.78, 5) is 14.8. The zero-order valence-corrected chi connectivity index (χ0v) is 20.3. The first kappa shape index (κ1) is 26.2. The Morgan fingerprint density at radius 1 is 1.27 bits per heavy atom. The van der Waals surface area contributed by atoms with Crippen molar-refractivity contribution in [1.82, 2.24) is 14.7 Å². The summed E-state index contributed by atoms with van der Waals surface area (Å²) >= 11 is 0. The molecule has 2 heterocycles. The van der Waals surface area contributed by atoms with Gasteiger partial charge in [-0.25, -0.2) is 5.84 Å². The number of aryl methyl sites for hydroxylation is 1. The smallest absolute Gasteiger partial charge is 0.397 e. The summed E-state index contributed by atoms with van der Waals surface area (Å²) in [7, 11) is 1.79. The molecule has 0 radical (unpaired) electrons. The van der Waals surface area contributed by atoms with Crippen LogP contribution in [0.5, 0.6) is 0 Å². The van der Waals surface area contributed by atoms with Crippen LogP contribution < -0.4 is 21.9 Å². The van der Waals surface area contributed by atoms with Crippen molar-refractivity contribution in [2.75, 3.05) is 23.4 Å². The first-order valence-electron chi connectivity index (χ1n) is 11.4. The molecule has 0 unspecified atom stereocenters. The van der Waals surface area contributed by atoms with Crippen molar-refractivity contribution in [1.29, 1.82) is 0 Å². The van der Waals surface area contributed by atoms with Crippen molar-refractivity contribution in [3.05, 3.63) is 82.8 Å². The number of carbonyl (C=O) groups is 1. The molecule has 1 aromatic heterocycles. The van der Waals surface area contributed by atoms with Crippen molar-refractivity contribution in [3.8, 4) is 0 Å². The number of halogens is 3. The van der Waals surface area contributed by atoms with Crippen molar-refractivity contribution >= 4 is 23.0 Å². The van der Waals surface area contributed by atoms with Crippen LogP contribution in [-0.4, -0.2) is 44.9 Å². The molecular weight excluding hydrogens is 487 g/mol. The van der Waals surface area contributed by atoms with E-state index in [0.29, 0.717) is 35.6 Å². The number of anilines is 2. The van der Waals surface area contributed by atoms with Gasteiger partial charge in [0.05, 0.1) is 29.2 Å². The number of β-amino-alcohol motifs (C(OH)–C–C–N with tert-alkyl or cyclic N) is 1. The quantitative estimate of drug-likeness (QED) is 0.282. The summed E-state index contributed by atoms with van der Waals surface area (Å²) in [6.07, 6.45) is -1.94. The second-order valence-electron chi connectivity index (χ2n) is 9.03. The van der Waals surface area contributed by atoms with Gasteiger partial charge in [0.15, 0.2) is 0 Å². The predicted octanol–water partition coefficient (Wildman–Crippen LogP) is 2.81. The summed E-state index contributed by atoms with van der Waals surface area (Å²) < 4.78 is 42.2. The molecule has 1 aliphatic heterocycles. The molecule has 2 aromatic carbocycles. The van der Waals surface area contributed by atoms with Crippen LogP contribution in [0, 0.1) is 6.92 Å². The number of aromatic nitrogens is 2. The molecule has 1 saturated heterocycles. The number of aliphatic hydroxyl groups excluding tert-OH is 1. The van der Waals surface area contributed by atoms with E-state index in [1.165, 1.54) is 29.4 Å². The number of rotatable bonds is 7. The second-order valence-corrected chi connectivity index (χ2v) is 9.03. The molecule has 37 heavy (non-hydrogen) atoms. The number of hydrogen-bond donors (Lipinski definition) is 4. The summed E-state index contributed by atoms with van der Waals surface area (Å²) in [5, 5.41) is 17.4. The molecule has 0 saturated carbocycles. The Hall–Kier alpha value is -3.87. The third-order valence-corrected chi connectivity index (χ3v) is 6.15. The Kier molecular flexibility index (Phi) is 7.25. The van der Waals surface area contributed by atoms with Crippen molar-refractivity contribution < 1.29 is 23.1 Å². The first-order valence-corrected chi connectivity index (χ1v) is 11.4. The van der Waals surface area contributed by atoms with Crippen LogP contribution >= 0.6 is 0 Å². The number of hydrogen-bond acceptors (Lipinski definition) is 7. The van der Waals surface area contributed by atoms with Gasteiger partial charge in [0.2, 0.25) is 0 Å². The average molecular weight is 516 g/mol. The summed E-state index contributed by atoms with van der Waals surface area (Å²) in [6.45, 7) is 2.87. The molecule has 9 nitrogen and oxygen atoms in total. The lowest BCUT2D eigenvalue weighted by atomic mass is 10.1. The molecule has 3 aromatic rings. The van der Waals surface area contributed by atoms with E-state index in [1.807, 2.05) is 11.8 Å². The number of benzene rings is 2. The number of hydrazine groups is 1. The maximum atomic E-state index is 13.5. The fraction of sp³-hybridized carbons (Fsp3) is 0.280. The minimum absolute atomic E-state index is 0.0158. The molecule has 0 atom stereocenters. The van der Waals surface area contributed by atoms with Crippen LogP contribution in [0.15, 0.2) is 54.9 Å². The predicted molar refractivity (Wildman–Crippen MR) is 134 cm³/mol. The number of aliphatic hydroxyl groups is 1. The topological polar surface area (TPSA) is 126 Å². The van der Waals surface area contributed by atoms with E-state index in [1.54, 1.807) is 30.1 Å². The molecule has 0 spiro atoms. The fourth-order valence-corrected chi connectivity index (χ4v) is 4.04. The minimum Gasteiger partial charge on any atom is -0.397 e. The highest BCUT2D eigenvalue weighted by molar-refractivity contribution is 6.05. The van der Waals surface area contributed by atoms with E-state index >= 15 is 0 Å². The Labute approximate surface area is 211 Å². The first-order chi connectivity index (χ1) is 17.4. The van der Waals surface area contributed by atoms with Gasteiger partial charge in [0.25, 0.3) is 5.91 Å². The molecule has 196 valence electrons. The highest BCUT2D eigenvalue weighted by atomic mass is 19.4. The second kappa shape index (κ2) is 10.2. The molecule has 12 heteroatoms. The highest BCUT2D eigenvalue weighted by Crippen LogP contribution is 2.33. The van der Waals surface area contributed by atoms with Gasteiger partial charge in [0, 0.05) is 55.4 Å². The number of amides is 1. The van der Waals surface area contributed by atoms with Crippen molar-refractivity contribution in [3.63, 3.8) is 0 Å². The molecule has 1 aliphatic rings. The van der Waals surface area contributed by atoms with Gasteiger partial charge < -0.3 is 16.2 Å². The van der Waals surface area contributed by atoms with Crippen molar-refractivity contribution in [2.24, 2.45) is 18.6 Å². The van der Waals surface area contributed by atoms with Crippen molar-refractivity contribution in [2.45, 2.75) is 25.7 Å². The van der Waals surface area contributed by atoms with E-state index in [9.17, 15) is 23.1 Å². The molecule has 0 aliphatic carbocycles. The summed E-state index contributed by atoms with van der Waals surface area (Å²) in [5.41, 5.74) is 8.26. The Bertz CT molecular complexity index is 1330.